The number of piperidine rings is 1. The van der Waals surface area contributed by atoms with Crippen molar-refractivity contribution in [3.63, 3.8) is 0 Å². The lowest BCUT2D eigenvalue weighted by Gasteiger charge is -2.36. The molecule has 2 aromatic heterocycles. The lowest BCUT2D eigenvalue weighted by molar-refractivity contribution is 0.0602. The minimum absolute atomic E-state index is 0.0512. The summed E-state index contributed by atoms with van der Waals surface area (Å²) in [6, 6.07) is 9.76. The van der Waals surface area contributed by atoms with E-state index in [1.807, 2.05) is 4.90 Å². The van der Waals surface area contributed by atoms with Crippen molar-refractivity contribution in [2.24, 2.45) is 7.05 Å². The number of thiophene rings is 1. The molecule has 1 saturated heterocycles. The van der Waals surface area contributed by atoms with Gasteiger partial charge in [0.1, 0.15) is 0 Å². The fourth-order valence-corrected chi connectivity index (χ4v) is 4.57. The standard InChI is InChI=1S/C21H23N3O2S/c1-23-14-22-19-13-15(7-10-18(19)21(23)26)20(25)24-11-3-2-5-16(24)8-9-17-6-4-12-27-17/h4,6-7,10,12-14,16H,2-3,5,8-9,11H2,1H3. The van der Waals surface area contributed by atoms with Crippen LogP contribution in [-0.4, -0.2) is 32.9 Å². The molecule has 1 fully saturated rings. The highest BCUT2D eigenvalue weighted by Gasteiger charge is 2.27. The SMILES string of the molecule is Cn1cnc2cc(C(=O)N3CCCCC3CCc3cccs3)ccc2c1=O. The van der Waals surface area contributed by atoms with E-state index in [4.69, 9.17) is 0 Å². The van der Waals surface area contributed by atoms with Gasteiger partial charge in [-0.05, 0) is 61.7 Å². The van der Waals surface area contributed by atoms with E-state index in [9.17, 15) is 9.59 Å². The normalized spacial score (nSPS) is 17.4. The van der Waals surface area contributed by atoms with Crippen molar-refractivity contribution in [3.8, 4) is 0 Å². The molecule has 3 heterocycles. The molecule has 5 nitrogen and oxygen atoms in total. The zero-order valence-electron chi connectivity index (χ0n) is 15.4. The monoisotopic (exact) mass is 381 g/mol. The van der Waals surface area contributed by atoms with E-state index in [0.29, 0.717) is 16.5 Å². The highest BCUT2D eigenvalue weighted by atomic mass is 32.1. The van der Waals surface area contributed by atoms with Gasteiger partial charge in [-0.2, -0.15) is 0 Å². The van der Waals surface area contributed by atoms with Crippen molar-refractivity contribution in [1.82, 2.24) is 14.5 Å². The molecule has 0 N–H and O–H groups in total. The van der Waals surface area contributed by atoms with Gasteiger partial charge in [0.05, 0.1) is 17.2 Å². The van der Waals surface area contributed by atoms with Crippen LogP contribution in [0.3, 0.4) is 0 Å². The second-order valence-electron chi connectivity index (χ2n) is 7.16. The van der Waals surface area contributed by atoms with Crippen LogP contribution in [0.25, 0.3) is 10.9 Å². The Kier molecular flexibility index (Phi) is 5.07. The minimum Gasteiger partial charge on any atom is -0.336 e. The third-order valence-electron chi connectivity index (χ3n) is 5.36. The molecular formula is C21H23N3O2S. The first-order valence-corrected chi connectivity index (χ1v) is 10.3. The summed E-state index contributed by atoms with van der Waals surface area (Å²) in [7, 11) is 1.68. The van der Waals surface area contributed by atoms with E-state index >= 15 is 0 Å². The number of nitrogens with zero attached hydrogens (tertiary/aromatic N) is 3. The van der Waals surface area contributed by atoms with Gasteiger partial charge in [0.2, 0.25) is 0 Å². The van der Waals surface area contributed by atoms with E-state index in [1.165, 1.54) is 22.2 Å². The van der Waals surface area contributed by atoms with Crippen LogP contribution in [-0.2, 0) is 13.5 Å². The molecule has 1 amide bonds. The molecular weight excluding hydrogens is 358 g/mol. The summed E-state index contributed by atoms with van der Waals surface area (Å²) >= 11 is 1.78. The third-order valence-corrected chi connectivity index (χ3v) is 6.29. The zero-order valence-corrected chi connectivity index (χ0v) is 16.2. The average molecular weight is 382 g/mol. The summed E-state index contributed by atoms with van der Waals surface area (Å²) in [5.74, 6) is 0.0512. The summed E-state index contributed by atoms with van der Waals surface area (Å²) in [4.78, 5) is 33.1. The van der Waals surface area contributed by atoms with Crippen molar-refractivity contribution in [2.45, 2.75) is 38.1 Å². The van der Waals surface area contributed by atoms with Crippen molar-refractivity contribution in [1.29, 1.82) is 0 Å². The summed E-state index contributed by atoms with van der Waals surface area (Å²) < 4.78 is 1.45. The number of hydrogen-bond donors (Lipinski definition) is 0. The number of amides is 1. The maximum absolute atomic E-state index is 13.2. The first-order valence-electron chi connectivity index (χ1n) is 9.42. The fourth-order valence-electron chi connectivity index (χ4n) is 3.84. The smallest absolute Gasteiger partial charge is 0.260 e. The molecule has 0 saturated carbocycles. The number of rotatable bonds is 4. The molecule has 1 atom stereocenters. The van der Waals surface area contributed by atoms with Gasteiger partial charge >= 0.3 is 0 Å². The summed E-state index contributed by atoms with van der Waals surface area (Å²) in [6.45, 7) is 0.802. The Morgan fingerprint density at radius 2 is 2.19 bits per heavy atom. The number of carbonyl (C=O) groups excluding carboxylic acids is 1. The molecule has 1 aliphatic heterocycles. The van der Waals surface area contributed by atoms with E-state index < -0.39 is 0 Å². The van der Waals surface area contributed by atoms with Crippen molar-refractivity contribution in [3.05, 3.63) is 62.8 Å². The van der Waals surface area contributed by atoms with Gasteiger partial charge < -0.3 is 9.47 Å². The largest absolute Gasteiger partial charge is 0.336 e. The summed E-state index contributed by atoms with van der Waals surface area (Å²) in [5.41, 5.74) is 1.10. The van der Waals surface area contributed by atoms with Crippen molar-refractivity contribution >= 4 is 28.1 Å². The quantitative estimate of drug-likeness (QED) is 0.694. The lowest BCUT2D eigenvalue weighted by Crippen LogP contribution is -2.44. The molecule has 0 spiro atoms. The molecule has 1 aliphatic rings. The van der Waals surface area contributed by atoms with Gasteiger partial charge in [0, 0.05) is 30.1 Å². The topological polar surface area (TPSA) is 55.2 Å². The second kappa shape index (κ2) is 7.64. The maximum atomic E-state index is 13.2. The van der Waals surface area contributed by atoms with Crippen LogP contribution in [0.5, 0.6) is 0 Å². The lowest BCUT2D eigenvalue weighted by atomic mass is 9.96. The molecule has 140 valence electrons. The molecule has 27 heavy (non-hydrogen) atoms. The van der Waals surface area contributed by atoms with Crippen molar-refractivity contribution < 1.29 is 4.79 Å². The molecule has 1 aromatic carbocycles. The Balaban J connectivity index is 1.56. The summed E-state index contributed by atoms with van der Waals surface area (Å²) in [5, 5.41) is 2.65. The molecule has 0 radical (unpaired) electrons. The number of hydrogen-bond acceptors (Lipinski definition) is 4. The van der Waals surface area contributed by atoms with E-state index in [1.54, 1.807) is 36.6 Å². The number of benzene rings is 1. The second-order valence-corrected chi connectivity index (χ2v) is 8.19. The number of likely N-dealkylation sites (tertiary alicyclic amines) is 1. The Bertz CT molecular complexity index is 1010. The van der Waals surface area contributed by atoms with Gasteiger partial charge in [0.15, 0.2) is 0 Å². The first kappa shape index (κ1) is 17.9. The molecule has 1 unspecified atom stereocenters. The number of fused-ring (bicyclic) bond motifs is 1. The van der Waals surface area contributed by atoms with Crippen LogP contribution in [0.15, 0.2) is 46.8 Å². The molecule has 0 bridgehead atoms. The van der Waals surface area contributed by atoms with Crippen LogP contribution < -0.4 is 5.56 Å². The fraction of sp³-hybridized carbons (Fsp3) is 0.381. The third kappa shape index (κ3) is 3.67. The number of aryl methyl sites for hydroxylation is 2. The highest BCUT2D eigenvalue weighted by molar-refractivity contribution is 7.09. The van der Waals surface area contributed by atoms with E-state index in [0.717, 1.165) is 32.2 Å². The minimum atomic E-state index is -0.0919. The predicted molar refractivity (Wildman–Crippen MR) is 108 cm³/mol. The Morgan fingerprint density at radius 3 is 3.00 bits per heavy atom. The molecule has 3 aromatic rings. The van der Waals surface area contributed by atoms with E-state index in [2.05, 4.69) is 22.5 Å². The Hall–Kier alpha value is -2.47. The molecule has 0 aliphatic carbocycles. The summed E-state index contributed by atoms with van der Waals surface area (Å²) in [6.07, 6.45) is 6.80. The highest BCUT2D eigenvalue weighted by Crippen LogP contribution is 2.25. The van der Waals surface area contributed by atoms with Gasteiger partial charge in [-0.3, -0.25) is 9.59 Å². The first-order chi connectivity index (χ1) is 13.1. The Labute approximate surface area is 162 Å². The van der Waals surface area contributed by atoms with Gasteiger partial charge in [0.25, 0.3) is 11.5 Å². The number of aromatic nitrogens is 2. The van der Waals surface area contributed by atoms with Crippen LogP contribution >= 0.6 is 11.3 Å². The van der Waals surface area contributed by atoms with Crippen LogP contribution in [0.4, 0.5) is 0 Å². The maximum Gasteiger partial charge on any atom is 0.260 e. The number of carbonyl (C=O) groups is 1. The Morgan fingerprint density at radius 1 is 1.30 bits per heavy atom. The van der Waals surface area contributed by atoms with E-state index in [-0.39, 0.29) is 17.5 Å². The van der Waals surface area contributed by atoms with Gasteiger partial charge in [-0.1, -0.05) is 6.07 Å². The zero-order chi connectivity index (χ0) is 18.8. The van der Waals surface area contributed by atoms with Crippen LogP contribution in [0.2, 0.25) is 0 Å². The van der Waals surface area contributed by atoms with Gasteiger partial charge in [-0.15, -0.1) is 11.3 Å². The van der Waals surface area contributed by atoms with Gasteiger partial charge in [-0.25, -0.2) is 4.98 Å². The average Bonchev–Trinajstić information content (AvgIpc) is 3.22. The van der Waals surface area contributed by atoms with Crippen LogP contribution in [0.1, 0.15) is 40.9 Å². The molecule has 6 heteroatoms. The van der Waals surface area contributed by atoms with Crippen LogP contribution in [0, 0.1) is 0 Å². The predicted octanol–water partition coefficient (Wildman–Crippen LogP) is 3.62. The van der Waals surface area contributed by atoms with Crippen molar-refractivity contribution in [2.75, 3.05) is 6.54 Å². The molecule has 4 rings (SSSR count).